The summed E-state index contributed by atoms with van der Waals surface area (Å²) in [7, 11) is -3.31. The van der Waals surface area contributed by atoms with Crippen LogP contribution in [0.2, 0.25) is 0 Å². The monoisotopic (exact) mass is 395 g/mol. The standard InChI is InChI=1S/C18H21NO5S2/c1-13-2-4-16(5-3-13)24-10-17-19-15(11-25-17)12-26(21,22)9-7-14-6-8-23-18(14)20/h2-5,11,14H,6-10,12H2,1H3. The minimum atomic E-state index is -3.31. The van der Waals surface area contributed by atoms with Crippen LogP contribution in [0.1, 0.15) is 29.1 Å². The Hall–Kier alpha value is -1.93. The second-order valence-electron chi connectivity index (χ2n) is 6.37. The number of thiazole rings is 1. The van der Waals surface area contributed by atoms with Crippen LogP contribution in [-0.2, 0) is 31.7 Å². The molecular formula is C18H21NO5S2. The van der Waals surface area contributed by atoms with Crippen LogP contribution in [0.3, 0.4) is 0 Å². The number of esters is 1. The lowest BCUT2D eigenvalue weighted by Crippen LogP contribution is -2.16. The first-order valence-electron chi connectivity index (χ1n) is 8.41. The number of hydrogen-bond donors (Lipinski definition) is 0. The lowest BCUT2D eigenvalue weighted by atomic mass is 10.1. The van der Waals surface area contributed by atoms with E-state index in [0.29, 0.717) is 31.7 Å². The van der Waals surface area contributed by atoms with E-state index in [-0.39, 0.29) is 23.4 Å². The minimum Gasteiger partial charge on any atom is -0.486 e. The Bertz CT molecular complexity index is 858. The Morgan fingerprint density at radius 3 is 2.77 bits per heavy atom. The van der Waals surface area contributed by atoms with E-state index >= 15 is 0 Å². The van der Waals surface area contributed by atoms with Crippen LogP contribution in [0.15, 0.2) is 29.6 Å². The van der Waals surface area contributed by atoms with Gasteiger partial charge in [-0.3, -0.25) is 4.79 Å². The van der Waals surface area contributed by atoms with E-state index in [0.717, 1.165) is 16.3 Å². The molecule has 26 heavy (non-hydrogen) atoms. The largest absolute Gasteiger partial charge is 0.486 e. The average Bonchev–Trinajstić information content (AvgIpc) is 3.21. The van der Waals surface area contributed by atoms with Crippen LogP contribution in [0.4, 0.5) is 0 Å². The zero-order valence-corrected chi connectivity index (χ0v) is 16.1. The van der Waals surface area contributed by atoms with Crippen molar-refractivity contribution in [1.29, 1.82) is 0 Å². The zero-order chi connectivity index (χ0) is 18.6. The van der Waals surface area contributed by atoms with Crippen molar-refractivity contribution in [2.24, 2.45) is 5.92 Å². The van der Waals surface area contributed by atoms with E-state index in [1.807, 2.05) is 31.2 Å². The lowest BCUT2D eigenvalue weighted by molar-refractivity contribution is -0.141. The molecule has 1 unspecified atom stereocenters. The van der Waals surface area contributed by atoms with Gasteiger partial charge in [0, 0.05) is 5.38 Å². The summed E-state index contributed by atoms with van der Waals surface area (Å²) in [5.74, 6) is 0.0291. The molecule has 0 spiro atoms. The summed E-state index contributed by atoms with van der Waals surface area (Å²) in [6.45, 7) is 2.70. The van der Waals surface area contributed by atoms with Crippen molar-refractivity contribution in [2.45, 2.75) is 32.1 Å². The maximum absolute atomic E-state index is 12.3. The Balaban J connectivity index is 1.50. The molecule has 6 nitrogen and oxygen atoms in total. The molecule has 8 heteroatoms. The predicted octanol–water partition coefficient (Wildman–Crippen LogP) is 2.90. The molecule has 1 atom stereocenters. The Labute approximate surface area is 157 Å². The third kappa shape index (κ3) is 5.28. The molecule has 3 rings (SSSR count). The van der Waals surface area contributed by atoms with Crippen molar-refractivity contribution < 1.29 is 22.7 Å². The van der Waals surface area contributed by atoms with Crippen molar-refractivity contribution >= 4 is 27.1 Å². The van der Waals surface area contributed by atoms with E-state index in [9.17, 15) is 13.2 Å². The van der Waals surface area contributed by atoms with Gasteiger partial charge in [-0.15, -0.1) is 11.3 Å². The highest BCUT2D eigenvalue weighted by atomic mass is 32.2. The van der Waals surface area contributed by atoms with Crippen molar-refractivity contribution in [3.05, 3.63) is 45.9 Å². The van der Waals surface area contributed by atoms with Crippen molar-refractivity contribution in [1.82, 2.24) is 4.98 Å². The van der Waals surface area contributed by atoms with Crippen molar-refractivity contribution in [3.63, 3.8) is 0 Å². The van der Waals surface area contributed by atoms with Gasteiger partial charge in [-0.1, -0.05) is 17.7 Å². The first-order valence-corrected chi connectivity index (χ1v) is 11.1. The quantitative estimate of drug-likeness (QED) is 0.639. The highest BCUT2D eigenvalue weighted by Gasteiger charge is 2.28. The molecular weight excluding hydrogens is 374 g/mol. The minimum absolute atomic E-state index is 0.0283. The predicted molar refractivity (Wildman–Crippen MR) is 98.8 cm³/mol. The summed E-state index contributed by atoms with van der Waals surface area (Å²) in [4.78, 5) is 15.8. The average molecular weight is 396 g/mol. The van der Waals surface area contributed by atoms with Gasteiger partial charge in [-0.2, -0.15) is 0 Å². The molecule has 2 aromatic rings. The molecule has 0 saturated carbocycles. The van der Waals surface area contributed by atoms with Gasteiger partial charge in [0.2, 0.25) is 0 Å². The van der Waals surface area contributed by atoms with E-state index in [1.165, 1.54) is 11.3 Å². The molecule has 0 N–H and O–H groups in total. The van der Waals surface area contributed by atoms with Crippen LogP contribution in [-0.4, -0.2) is 31.7 Å². The molecule has 1 saturated heterocycles. The van der Waals surface area contributed by atoms with Gasteiger partial charge in [0.25, 0.3) is 0 Å². The lowest BCUT2D eigenvalue weighted by Gasteiger charge is -2.06. The first-order chi connectivity index (χ1) is 12.4. The van der Waals surface area contributed by atoms with E-state index in [2.05, 4.69) is 4.98 Å². The van der Waals surface area contributed by atoms with Crippen molar-refractivity contribution in [2.75, 3.05) is 12.4 Å². The molecule has 140 valence electrons. The smallest absolute Gasteiger partial charge is 0.309 e. The Morgan fingerprint density at radius 1 is 1.31 bits per heavy atom. The molecule has 1 aromatic carbocycles. The number of benzene rings is 1. The second kappa shape index (κ2) is 8.18. The summed E-state index contributed by atoms with van der Waals surface area (Å²) >= 11 is 1.38. The number of sulfone groups is 1. The molecule has 0 radical (unpaired) electrons. The third-order valence-electron chi connectivity index (χ3n) is 4.17. The number of rotatable bonds is 8. The summed E-state index contributed by atoms with van der Waals surface area (Å²) in [6.07, 6.45) is 0.917. The number of carbonyl (C=O) groups is 1. The van der Waals surface area contributed by atoms with Gasteiger partial charge in [0.15, 0.2) is 9.84 Å². The van der Waals surface area contributed by atoms with Gasteiger partial charge < -0.3 is 9.47 Å². The van der Waals surface area contributed by atoms with Crippen LogP contribution >= 0.6 is 11.3 Å². The van der Waals surface area contributed by atoms with Gasteiger partial charge in [-0.25, -0.2) is 13.4 Å². The molecule has 1 aromatic heterocycles. The number of hydrogen-bond acceptors (Lipinski definition) is 7. The number of carbonyl (C=O) groups excluding carboxylic acids is 1. The van der Waals surface area contributed by atoms with Gasteiger partial charge in [0.1, 0.15) is 17.4 Å². The second-order valence-corrected chi connectivity index (χ2v) is 9.49. The number of ether oxygens (including phenoxy) is 2. The molecule has 1 aliphatic rings. The van der Waals surface area contributed by atoms with Gasteiger partial charge in [-0.05, 0) is 31.9 Å². The fourth-order valence-electron chi connectivity index (χ4n) is 2.68. The summed E-state index contributed by atoms with van der Waals surface area (Å²) in [6, 6.07) is 7.72. The maximum Gasteiger partial charge on any atom is 0.309 e. The number of nitrogens with zero attached hydrogens (tertiary/aromatic N) is 1. The number of aromatic nitrogens is 1. The molecule has 1 fully saturated rings. The SMILES string of the molecule is Cc1ccc(OCc2nc(CS(=O)(=O)CCC3CCOC3=O)cs2)cc1. The molecule has 2 heterocycles. The topological polar surface area (TPSA) is 82.6 Å². The summed E-state index contributed by atoms with van der Waals surface area (Å²) in [5, 5.41) is 2.48. The zero-order valence-electron chi connectivity index (χ0n) is 14.5. The summed E-state index contributed by atoms with van der Waals surface area (Å²) < 4.78 is 35.1. The normalized spacial score (nSPS) is 17.3. The number of cyclic esters (lactones) is 1. The van der Waals surface area contributed by atoms with E-state index in [4.69, 9.17) is 9.47 Å². The molecule has 0 aliphatic carbocycles. The van der Waals surface area contributed by atoms with Crippen LogP contribution in [0.25, 0.3) is 0 Å². The highest BCUT2D eigenvalue weighted by molar-refractivity contribution is 7.90. The molecule has 0 bridgehead atoms. The molecule has 0 amide bonds. The fourth-order valence-corrected chi connectivity index (χ4v) is 4.88. The van der Waals surface area contributed by atoms with Crippen LogP contribution in [0, 0.1) is 12.8 Å². The Kier molecular flexibility index (Phi) is 5.93. The Morgan fingerprint density at radius 2 is 2.08 bits per heavy atom. The maximum atomic E-state index is 12.3. The fraction of sp³-hybridized carbons (Fsp3) is 0.444. The third-order valence-corrected chi connectivity index (χ3v) is 6.64. The first kappa shape index (κ1) is 18.8. The van der Waals surface area contributed by atoms with Gasteiger partial charge >= 0.3 is 5.97 Å². The van der Waals surface area contributed by atoms with E-state index < -0.39 is 9.84 Å². The highest BCUT2D eigenvalue weighted by Crippen LogP contribution is 2.21. The van der Waals surface area contributed by atoms with E-state index in [1.54, 1.807) is 5.38 Å². The van der Waals surface area contributed by atoms with Gasteiger partial charge in [0.05, 0.1) is 29.7 Å². The summed E-state index contributed by atoms with van der Waals surface area (Å²) in [5.41, 5.74) is 1.68. The van der Waals surface area contributed by atoms with Crippen molar-refractivity contribution in [3.8, 4) is 5.75 Å². The molecule has 1 aliphatic heterocycles. The van der Waals surface area contributed by atoms with Crippen LogP contribution in [0.5, 0.6) is 5.75 Å². The number of aryl methyl sites for hydroxylation is 1. The van der Waals surface area contributed by atoms with Crippen LogP contribution < -0.4 is 4.74 Å².